The first-order chi connectivity index (χ1) is 9.77. The van der Waals surface area contributed by atoms with E-state index in [0.29, 0.717) is 22.8 Å². The number of pyridine rings is 1. The van der Waals surface area contributed by atoms with Crippen molar-refractivity contribution in [2.24, 2.45) is 5.41 Å². The number of carboxylic acids is 1. The molecule has 1 aromatic heterocycles. The normalized spacial score (nSPS) is 18.7. The standard InChI is InChI=1S/C17H26N2O2/c1-11(2)14-9-12(16(20)21)10-15(19-14)18-13-5-7-17(3,4)8-6-13/h9-11,13H,5-8H2,1-4H3,(H,18,19)(H,20,21). The van der Waals surface area contributed by atoms with E-state index in [2.05, 4.69) is 24.1 Å². The molecule has 116 valence electrons. The molecule has 0 bridgehead atoms. The van der Waals surface area contributed by atoms with Gasteiger partial charge in [0.1, 0.15) is 5.82 Å². The Kier molecular flexibility index (Phi) is 4.55. The van der Waals surface area contributed by atoms with E-state index >= 15 is 0 Å². The summed E-state index contributed by atoms with van der Waals surface area (Å²) in [5, 5.41) is 12.7. The van der Waals surface area contributed by atoms with Gasteiger partial charge in [-0.2, -0.15) is 0 Å². The van der Waals surface area contributed by atoms with Crippen molar-refractivity contribution in [1.29, 1.82) is 0 Å². The summed E-state index contributed by atoms with van der Waals surface area (Å²) in [4.78, 5) is 15.8. The molecule has 0 spiro atoms. The highest BCUT2D eigenvalue weighted by atomic mass is 16.4. The number of nitrogens with one attached hydrogen (secondary N) is 1. The van der Waals surface area contributed by atoms with Gasteiger partial charge in [-0.05, 0) is 49.1 Å². The number of hydrogen-bond donors (Lipinski definition) is 2. The van der Waals surface area contributed by atoms with Crippen molar-refractivity contribution in [3.8, 4) is 0 Å². The van der Waals surface area contributed by atoms with Crippen molar-refractivity contribution in [1.82, 2.24) is 4.98 Å². The molecule has 0 radical (unpaired) electrons. The third-order valence-corrected chi connectivity index (χ3v) is 4.37. The van der Waals surface area contributed by atoms with Gasteiger partial charge in [-0.3, -0.25) is 0 Å². The van der Waals surface area contributed by atoms with Gasteiger partial charge in [-0.1, -0.05) is 27.7 Å². The van der Waals surface area contributed by atoms with Gasteiger partial charge >= 0.3 is 5.97 Å². The Hall–Kier alpha value is -1.58. The van der Waals surface area contributed by atoms with Gasteiger partial charge in [0.2, 0.25) is 0 Å². The molecule has 2 N–H and O–H groups in total. The Morgan fingerprint density at radius 3 is 2.48 bits per heavy atom. The topological polar surface area (TPSA) is 62.2 Å². The van der Waals surface area contributed by atoms with Crippen LogP contribution < -0.4 is 5.32 Å². The molecule has 1 heterocycles. The summed E-state index contributed by atoms with van der Waals surface area (Å²) >= 11 is 0. The zero-order chi connectivity index (χ0) is 15.6. The fourth-order valence-electron chi connectivity index (χ4n) is 2.80. The number of rotatable bonds is 4. The highest BCUT2D eigenvalue weighted by Gasteiger charge is 2.27. The molecule has 1 aromatic rings. The summed E-state index contributed by atoms with van der Waals surface area (Å²) in [5.41, 5.74) is 1.57. The van der Waals surface area contributed by atoms with E-state index in [1.54, 1.807) is 12.1 Å². The maximum absolute atomic E-state index is 11.2. The SMILES string of the molecule is CC(C)c1cc(C(=O)O)cc(NC2CCC(C)(C)CC2)n1. The van der Waals surface area contributed by atoms with Gasteiger partial charge in [0, 0.05) is 11.7 Å². The highest BCUT2D eigenvalue weighted by Crippen LogP contribution is 2.36. The molecule has 21 heavy (non-hydrogen) atoms. The van der Waals surface area contributed by atoms with Crippen molar-refractivity contribution in [3.63, 3.8) is 0 Å². The predicted molar refractivity (Wildman–Crippen MR) is 84.9 cm³/mol. The average molecular weight is 290 g/mol. The Morgan fingerprint density at radius 2 is 1.95 bits per heavy atom. The number of carbonyl (C=O) groups is 1. The molecular formula is C17H26N2O2. The van der Waals surface area contributed by atoms with Crippen LogP contribution in [0, 0.1) is 5.41 Å². The van der Waals surface area contributed by atoms with E-state index in [-0.39, 0.29) is 5.92 Å². The van der Waals surface area contributed by atoms with Crippen LogP contribution >= 0.6 is 0 Å². The largest absolute Gasteiger partial charge is 0.478 e. The van der Waals surface area contributed by atoms with Crippen LogP contribution in [0.3, 0.4) is 0 Å². The summed E-state index contributed by atoms with van der Waals surface area (Å²) in [5.74, 6) is 0.0190. The Bertz CT molecular complexity index is 514. The highest BCUT2D eigenvalue weighted by molar-refractivity contribution is 5.88. The fraction of sp³-hybridized carbons (Fsp3) is 0.647. The molecule has 0 aliphatic heterocycles. The maximum Gasteiger partial charge on any atom is 0.335 e. The molecule has 1 saturated carbocycles. The quantitative estimate of drug-likeness (QED) is 0.868. The second-order valence-electron chi connectivity index (χ2n) is 7.21. The number of nitrogens with zero attached hydrogens (tertiary/aromatic N) is 1. The monoisotopic (exact) mass is 290 g/mol. The molecule has 1 aliphatic rings. The summed E-state index contributed by atoms with van der Waals surface area (Å²) in [6.45, 7) is 8.68. The summed E-state index contributed by atoms with van der Waals surface area (Å²) in [6.07, 6.45) is 4.62. The van der Waals surface area contributed by atoms with E-state index < -0.39 is 5.97 Å². The van der Waals surface area contributed by atoms with Crippen molar-refractivity contribution < 1.29 is 9.90 Å². The van der Waals surface area contributed by atoms with Crippen molar-refractivity contribution >= 4 is 11.8 Å². The number of hydrogen-bond acceptors (Lipinski definition) is 3. The van der Waals surface area contributed by atoms with Crippen LogP contribution in [-0.4, -0.2) is 22.1 Å². The van der Waals surface area contributed by atoms with Crippen LogP contribution in [0.15, 0.2) is 12.1 Å². The zero-order valence-corrected chi connectivity index (χ0v) is 13.4. The third kappa shape index (κ3) is 4.19. The van der Waals surface area contributed by atoms with Crippen LogP contribution in [0.25, 0.3) is 0 Å². The summed E-state index contributed by atoms with van der Waals surface area (Å²) in [6, 6.07) is 3.71. The second kappa shape index (κ2) is 6.04. The zero-order valence-electron chi connectivity index (χ0n) is 13.4. The second-order valence-corrected chi connectivity index (χ2v) is 7.21. The van der Waals surface area contributed by atoms with Crippen LogP contribution in [0.4, 0.5) is 5.82 Å². The van der Waals surface area contributed by atoms with Gasteiger partial charge in [-0.25, -0.2) is 9.78 Å². The van der Waals surface area contributed by atoms with Gasteiger partial charge < -0.3 is 10.4 Å². The summed E-state index contributed by atoms with van der Waals surface area (Å²) < 4.78 is 0. The van der Waals surface area contributed by atoms with Crippen LogP contribution in [0.1, 0.15) is 75.3 Å². The number of carboxylic acid groups (broad SMARTS) is 1. The van der Waals surface area contributed by atoms with Crippen LogP contribution in [0.5, 0.6) is 0 Å². The molecule has 1 fully saturated rings. The fourth-order valence-corrected chi connectivity index (χ4v) is 2.80. The van der Waals surface area contributed by atoms with E-state index in [9.17, 15) is 9.90 Å². The van der Waals surface area contributed by atoms with Crippen LogP contribution in [-0.2, 0) is 0 Å². The lowest BCUT2D eigenvalue weighted by atomic mass is 9.75. The van der Waals surface area contributed by atoms with Crippen molar-refractivity contribution in [2.45, 2.75) is 65.3 Å². The van der Waals surface area contributed by atoms with E-state index in [4.69, 9.17) is 0 Å². The minimum atomic E-state index is -0.896. The average Bonchev–Trinajstić information content (AvgIpc) is 2.41. The van der Waals surface area contributed by atoms with Gasteiger partial charge in [-0.15, -0.1) is 0 Å². The first kappa shape index (κ1) is 15.8. The maximum atomic E-state index is 11.2. The minimum absolute atomic E-state index is 0.218. The van der Waals surface area contributed by atoms with Crippen LogP contribution in [0.2, 0.25) is 0 Å². The molecule has 0 atom stereocenters. The number of aromatic nitrogens is 1. The predicted octanol–water partition coefficient (Wildman–Crippen LogP) is 4.28. The van der Waals surface area contributed by atoms with Crippen molar-refractivity contribution in [2.75, 3.05) is 5.32 Å². The van der Waals surface area contributed by atoms with Gasteiger partial charge in [0.25, 0.3) is 0 Å². The molecule has 4 heteroatoms. The molecule has 4 nitrogen and oxygen atoms in total. The molecule has 0 unspecified atom stereocenters. The summed E-state index contributed by atoms with van der Waals surface area (Å²) in [7, 11) is 0. The van der Waals surface area contributed by atoms with E-state index in [1.165, 1.54) is 12.8 Å². The molecule has 0 amide bonds. The minimum Gasteiger partial charge on any atom is -0.478 e. The third-order valence-electron chi connectivity index (χ3n) is 4.37. The van der Waals surface area contributed by atoms with Gasteiger partial charge in [0.05, 0.1) is 5.56 Å². The Morgan fingerprint density at radius 1 is 1.33 bits per heavy atom. The lowest BCUT2D eigenvalue weighted by Crippen LogP contribution is -2.30. The van der Waals surface area contributed by atoms with E-state index in [0.717, 1.165) is 18.5 Å². The Labute approximate surface area is 127 Å². The first-order valence-corrected chi connectivity index (χ1v) is 7.79. The van der Waals surface area contributed by atoms with E-state index in [1.807, 2.05) is 13.8 Å². The molecule has 0 saturated heterocycles. The smallest absolute Gasteiger partial charge is 0.335 e. The number of anilines is 1. The lowest BCUT2D eigenvalue weighted by Gasteiger charge is -2.34. The first-order valence-electron chi connectivity index (χ1n) is 7.79. The Balaban J connectivity index is 2.14. The van der Waals surface area contributed by atoms with Gasteiger partial charge in [0.15, 0.2) is 0 Å². The lowest BCUT2D eigenvalue weighted by molar-refractivity contribution is 0.0696. The number of aromatic carboxylic acids is 1. The molecule has 2 rings (SSSR count). The molecule has 0 aromatic carbocycles. The molecular weight excluding hydrogens is 264 g/mol. The van der Waals surface area contributed by atoms with Crippen molar-refractivity contribution in [3.05, 3.63) is 23.4 Å². The molecule has 1 aliphatic carbocycles.